The van der Waals surface area contributed by atoms with Gasteiger partial charge in [-0.05, 0) is 30.2 Å². The number of hydrogen-bond acceptors (Lipinski definition) is 4. The molecule has 4 rings (SSSR count). The largest absolute Gasteiger partial charge is 0.496 e. The van der Waals surface area contributed by atoms with E-state index in [4.69, 9.17) is 39.5 Å². The van der Waals surface area contributed by atoms with Crippen molar-refractivity contribution in [1.82, 2.24) is 15.2 Å². The molecule has 0 bridgehead atoms. The van der Waals surface area contributed by atoms with Gasteiger partial charge in [0.2, 0.25) is 5.91 Å². The Morgan fingerprint density at radius 1 is 1.19 bits per heavy atom. The van der Waals surface area contributed by atoms with Crippen LogP contribution < -0.4 is 10.1 Å². The fraction of sp³-hybridized carbons (Fsp3) is 0.240. The number of methoxy groups -OCH3 is 1. The maximum atomic E-state index is 15.4. The van der Waals surface area contributed by atoms with Gasteiger partial charge in [0.05, 0.1) is 23.7 Å². The molecule has 0 radical (unpaired) electrons. The summed E-state index contributed by atoms with van der Waals surface area (Å²) in [5.74, 6) is -0.622. The number of halogens is 4. The monoisotopic (exact) mass is 551 g/mol. The van der Waals surface area contributed by atoms with E-state index in [1.54, 1.807) is 30.3 Å². The first-order valence-corrected chi connectivity index (χ1v) is 12.1. The number of amides is 2. The van der Waals surface area contributed by atoms with Crippen molar-refractivity contribution in [2.45, 2.75) is 25.4 Å². The van der Waals surface area contributed by atoms with E-state index in [1.807, 2.05) is 0 Å². The van der Waals surface area contributed by atoms with Gasteiger partial charge in [-0.25, -0.2) is 14.2 Å². The van der Waals surface area contributed by atoms with Crippen molar-refractivity contribution < 1.29 is 23.8 Å². The molecule has 2 N–H and O–H groups in total. The third-order valence-corrected chi connectivity index (χ3v) is 7.14. The normalized spacial score (nSPS) is 15.0. The van der Waals surface area contributed by atoms with Crippen LogP contribution >= 0.6 is 34.8 Å². The average Bonchev–Trinajstić information content (AvgIpc) is 3.26. The van der Waals surface area contributed by atoms with Crippen LogP contribution in [0.3, 0.4) is 0 Å². The molecule has 1 aliphatic rings. The van der Waals surface area contributed by atoms with Crippen LogP contribution in [0.4, 0.5) is 9.18 Å². The number of carbonyl (C=O) groups excluding carboxylic acids is 1. The fourth-order valence-corrected chi connectivity index (χ4v) is 4.88. The third kappa shape index (κ3) is 5.36. The van der Waals surface area contributed by atoms with Gasteiger partial charge in [-0.3, -0.25) is 4.79 Å². The topological polar surface area (TPSA) is 91.8 Å². The van der Waals surface area contributed by atoms with Crippen molar-refractivity contribution in [3.8, 4) is 28.0 Å². The minimum atomic E-state index is -1.23. The lowest BCUT2D eigenvalue weighted by molar-refractivity contribution is -0.119. The molecule has 7 nitrogen and oxygen atoms in total. The van der Waals surface area contributed by atoms with E-state index >= 15 is 4.39 Å². The second-order valence-electron chi connectivity index (χ2n) is 8.24. The molecule has 1 saturated heterocycles. The van der Waals surface area contributed by atoms with Crippen molar-refractivity contribution in [1.29, 1.82) is 0 Å². The second-order valence-corrected chi connectivity index (χ2v) is 9.35. The minimum absolute atomic E-state index is 0.0363. The number of benzene rings is 2. The molecular formula is C25H21Cl3FN3O4. The zero-order valence-electron chi connectivity index (χ0n) is 19.0. The quantitative estimate of drug-likeness (QED) is 0.337. The van der Waals surface area contributed by atoms with Crippen LogP contribution in [-0.2, 0) is 11.3 Å². The summed E-state index contributed by atoms with van der Waals surface area (Å²) in [7, 11) is 1.38. The minimum Gasteiger partial charge on any atom is -0.496 e. The highest BCUT2D eigenvalue weighted by molar-refractivity contribution is 6.43. The Hall–Kier alpha value is -3.07. The molecule has 36 heavy (non-hydrogen) atoms. The molecule has 1 fully saturated rings. The van der Waals surface area contributed by atoms with Crippen LogP contribution in [0, 0.1) is 5.82 Å². The number of nitrogens with one attached hydrogen (secondary N) is 1. The molecule has 1 atom stereocenters. The van der Waals surface area contributed by atoms with E-state index in [0.29, 0.717) is 40.1 Å². The van der Waals surface area contributed by atoms with E-state index in [0.717, 1.165) is 4.90 Å². The highest BCUT2D eigenvalue weighted by atomic mass is 35.5. The predicted octanol–water partition coefficient (Wildman–Crippen LogP) is 6.28. The molecule has 2 amide bonds. The Kier molecular flexibility index (Phi) is 7.88. The Morgan fingerprint density at radius 2 is 1.92 bits per heavy atom. The summed E-state index contributed by atoms with van der Waals surface area (Å²) in [6.45, 7) is -0.218. The summed E-state index contributed by atoms with van der Waals surface area (Å²) >= 11 is 19.1. The standard InChI is InChI=1S/C25H21Cl3FN3O4/c1-36-20-10-13(15-3-2-4-16(22(15)26)17-7-8-30-24(28)23(17)27)9-19(29)18(20)12-32(25(34)35)11-14-5-6-21(33)31-14/h2-4,7-10,14H,5-6,11-12H2,1H3,(H,31,33)(H,34,35). The molecular weight excluding hydrogens is 532 g/mol. The van der Waals surface area contributed by atoms with E-state index in [2.05, 4.69) is 10.3 Å². The number of carbonyl (C=O) groups is 2. The Labute approximate surface area is 221 Å². The van der Waals surface area contributed by atoms with E-state index < -0.39 is 11.9 Å². The van der Waals surface area contributed by atoms with Gasteiger partial charge >= 0.3 is 6.09 Å². The van der Waals surface area contributed by atoms with E-state index in [1.165, 1.54) is 19.4 Å². The Bertz CT molecular complexity index is 1340. The van der Waals surface area contributed by atoms with Gasteiger partial charge in [0.25, 0.3) is 0 Å². The van der Waals surface area contributed by atoms with E-state index in [9.17, 15) is 14.7 Å². The smallest absolute Gasteiger partial charge is 0.407 e. The number of aromatic nitrogens is 1. The van der Waals surface area contributed by atoms with Crippen LogP contribution in [0.5, 0.6) is 5.75 Å². The van der Waals surface area contributed by atoms with E-state index in [-0.39, 0.29) is 46.5 Å². The van der Waals surface area contributed by atoms with Gasteiger partial charge in [-0.15, -0.1) is 0 Å². The molecule has 2 heterocycles. The first kappa shape index (κ1) is 26.0. The molecule has 11 heteroatoms. The molecule has 0 saturated carbocycles. The van der Waals surface area contributed by atoms with Gasteiger partial charge in [0.15, 0.2) is 0 Å². The van der Waals surface area contributed by atoms with Gasteiger partial charge in [-0.2, -0.15) is 0 Å². The van der Waals surface area contributed by atoms with Gasteiger partial charge in [0, 0.05) is 47.5 Å². The zero-order chi connectivity index (χ0) is 26.0. The summed E-state index contributed by atoms with van der Waals surface area (Å²) < 4.78 is 20.8. The lowest BCUT2D eigenvalue weighted by Gasteiger charge is -2.24. The molecule has 1 unspecified atom stereocenters. The molecule has 188 valence electrons. The number of ether oxygens (including phenoxy) is 1. The van der Waals surface area contributed by atoms with Crippen molar-refractivity contribution in [3.63, 3.8) is 0 Å². The highest BCUT2D eigenvalue weighted by Gasteiger charge is 2.27. The Morgan fingerprint density at radius 3 is 2.58 bits per heavy atom. The second kappa shape index (κ2) is 10.9. The molecule has 1 aliphatic heterocycles. The summed E-state index contributed by atoms with van der Waals surface area (Å²) in [5.41, 5.74) is 2.18. The van der Waals surface area contributed by atoms with Crippen LogP contribution in [-0.4, -0.2) is 46.7 Å². The number of nitrogens with zero attached hydrogens (tertiary/aromatic N) is 2. The highest BCUT2D eigenvalue weighted by Crippen LogP contribution is 2.42. The Balaban J connectivity index is 1.69. The number of rotatable bonds is 7. The average molecular weight is 553 g/mol. The van der Waals surface area contributed by atoms with Gasteiger partial charge in [0.1, 0.15) is 16.7 Å². The summed E-state index contributed by atoms with van der Waals surface area (Å²) in [6, 6.07) is 9.47. The van der Waals surface area contributed by atoms with Crippen LogP contribution in [0.1, 0.15) is 18.4 Å². The van der Waals surface area contributed by atoms with Crippen molar-refractivity contribution in [2.75, 3.05) is 13.7 Å². The summed E-state index contributed by atoms with van der Waals surface area (Å²) in [4.78, 5) is 28.3. The molecule has 2 aromatic carbocycles. The first-order valence-electron chi connectivity index (χ1n) is 10.9. The zero-order valence-corrected chi connectivity index (χ0v) is 21.3. The maximum absolute atomic E-state index is 15.4. The van der Waals surface area contributed by atoms with Gasteiger partial charge < -0.3 is 20.1 Å². The third-order valence-electron chi connectivity index (χ3n) is 5.97. The fourth-order valence-electron chi connectivity index (χ4n) is 4.17. The molecule has 0 aliphatic carbocycles. The lowest BCUT2D eigenvalue weighted by Crippen LogP contribution is -2.41. The number of hydrogen-bond donors (Lipinski definition) is 2. The SMILES string of the molecule is COc1cc(-c2cccc(-c3ccnc(Cl)c3Cl)c2Cl)cc(F)c1CN(CC1CCC(=O)N1)C(=O)O. The van der Waals surface area contributed by atoms with Crippen LogP contribution in [0.25, 0.3) is 22.3 Å². The maximum Gasteiger partial charge on any atom is 0.407 e. The van der Waals surface area contributed by atoms with Crippen LogP contribution in [0.2, 0.25) is 15.2 Å². The van der Waals surface area contributed by atoms with Crippen molar-refractivity contribution in [3.05, 3.63) is 69.2 Å². The molecule has 3 aromatic rings. The van der Waals surface area contributed by atoms with Gasteiger partial charge in [-0.1, -0.05) is 53.0 Å². The predicted molar refractivity (Wildman–Crippen MR) is 136 cm³/mol. The number of pyridine rings is 1. The van der Waals surface area contributed by atoms with Crippen molar-refractivity contribution in [2.24, 2.45) is 0 Å². The first-order chi connectivity index (χ1) is 17.2. The molecule has 0 spiro atoms. The van der Waals surface area contributed by atoms with Crippen LogP contribution in [0.15, 0.2) is 42.6 Å². The molecule has 1 aromatic heterocycles. The lowest BCUT2D eigenvalue weighted by atomic mass is 9.97. The number of carboxylic acid groups (broad SMARTS) is 1. The summed E-state index contributed by atoms with van der Waals surface area (Å²) in [5, 5.41) is 13.1. The summed E-state index contributed by atoms with van der Waals surface area (Å²) in [6.07, 6.45) is 1.13. The van der Waals surface area contributed by atoms with Crippen molar-refractivity contribution >= 4 is 46.8 Å².